The minimum absolute atomic E-state index is 0.246. The second kappa shape index (κ2) is 4.98. The molecule has 0 N–H and O–H groups in total. The van der Waals surface area contributed by atoms with Crippen LogP contribution in [0, 0.1) is 11.8 Å². The van der Waals surface area contributed by atoms with Gasteiger partial charge in [0.2, 0.25) is 5.91 Å². The van der Waals surface area contributed by atoms with Crippen LogP contribution in [0.15, 0.2) is 30.4 Å². The molecule has 2 fully saturated rings. The largest absolute Gasteiger partial charge is 0.550 e. The van der Waals surface area contributed by atoms with Gasteiger partial charge >= 0.3 is 0 Å². The highest BCUT2D eigenvalue weighted by Gasteiger charge is 2.65. The standard InChI is InChI=1S/C17H17NO6/c1-22-9-3-4-10(12(7-9)23-2)18-8-17-6-5-11(24-17)13(16(20)21)14(17)15(18)19/h3-7,11,13-14H,8H2,1-2H3,(H,20,21)/p-1/t11-,13+,14-,17-/m1/s1. The zero-order valence-corrected chi connectivity index (χ0v) is 13.2. The molecule has 7 heteroatoms. The van der Waals surface area contributed by atoms with Crippen molar-refractivity contribution < 1.29 is 28.9 Å². The van der Waals surface area contributed by atoms with E-state index in [1.54, 1.807) is 37.5 Å². The molecule has 0 radical (unpaired) electrons. The fourth-order valence-electron chi connectivity index (χ4n) is 3.98. The number of hydrogen-bond donors (Lipinski definition) is 0. The van der Waals surface area contributed by atoms with Crippen molar-refractivity contribution in [2.24, 2.45) is 11.8 Å². The van der Waals surface area contributed by atoms with E-state index in [0.717, 1.165) is 0 Å². The molecule has 0 aliphatic carbocycles. The predicted octanol–water partition coefficient (Wildman–Crippen LogP) is -0.260. The number of anilines is 1. The Balaban J connectivity index is 1.74. The topological polar surface area (TPSA) is 88.1 Å². The Morgan fingerprint density at radius 2 is 2.17 bits per heavy atom. The summed E-state index contributed by atoms with van der Waals surface area (Å²) in [6, 6.07) is 5.12. The van der Waals surface area contributed by atoms with Gasteiger partial charge in [-0.25, -0.2) is 0 Å². The van der Waals surface area contributed by atoms with Crippen molar-refractivity contribution in [3.8, 4) is 11.5 Å². The predicted molar refractivity (Wildman–Crippen MR) is 80.6 cm³/mol. The van der Waals surface area contributed by atoms with Crippen molar-refractivity contribution >= 4 is 17.6 Å². The molecule has 2 saturated heterocycles. The van der Waals surface area contributed by atoms with Crippen molar-refractivity contribution in [2.45, 2.75) is 11.7 Å². The monoisotopic (exact) mass is 330 g/mol. The summed E-state index contributed by atoms with van der Waals surface area (Å²) in [4.78, 5) is 26.0. The maximum Gasteiger partial charge on any atom is 0.234 e. The number of aliphatic carboxylic acids is 1. The van der Waals surface area contributed by atoms with Gasteiger partial charge in [0.25, 0.3) is 0 Å². The number of amides is 1. The summed E-state index contributed by atoms with van der Waals surface area (Å²) < 4.78 is 16.4. The average Bonchev–Trinajstić information content (AvgIpc) is 3.22. The molecule has 126 valence electrons. The van der Waals surface area contributed by atoms with E-state index in [1.807, 2.05) is 0 Å². The quantitative estimate of drug-likeness (QED) is 0.707. The van der Waals surface area contributed by atoms with Crippen LogP contribution in [-0.2, 0) is 14.3 Å². The highest BCUT2D eigenvalue weighted by Crippen LogP contribution is 2.53. The first-order valence-electron chi connectivity index (χ1n) is 7.62. The van der Waals surface area contributed by atoms with E-state index in [1.165, 1.54) is 12.0 Å². The number of rotatable bonds is 4. The lowest BCUT2D eigenvalue weighted by Crippen LogP contribution is -2.45. The number of benzene rings is 1. The number of carbonyl (C=O) groups is 2. The van der Waals surface area contributed by atoms with Gasteiger partial charge in [-0.3, -0.25) is 4.79 Å². The van der Waals surface area contributed by atoms with Crippen LogP contribution in [0.4, 0.5) is 5.69 Å². The highest BCUT2D eigenvalue weighted by molar-refractivity contribution is 6.03. The second-order valence-corrected chi connectivity index (χ2v) is 6.18. The number of carbonyl (C=O) groups excluding carboxylic acids is 2. The minimum Gasteiger partial charge on any atom is -0.550 e. The van der Waals surface area contributed by atoms with Gasteiger partial charge in [-0.15, -0.1) is 0 Å². The van der Waals surface area contributed by atoms with Crippen LogP contribution in [0.3, 0.4) is 0 Å². The van der Waals surface area contributed by atoms with Crippen LogP contribution in [0.5, 0.6) is 11.5 Å². The third kappa shape index (κ3) is 1.81. The molecule has 1 amide bonds. The molecule has 2 bridgehead atoms. The van der Waals surface area contributed by atoms with E-state index in [0.29, 0.717) is 17.2 Å². The second-order valence-electron chi connectivity index (χ2n) is 6.18. The van der Waals surface area contributed by atoms with Crippen molar-refractivity contribution in [3.63, 3.8) is 0 Å². The van der Waals surface area contributed by atoms with Crippen LogP contribution in [-0.4, -0.2) is 44.3 Å². The van der Waals surface area contributed by atoms with Crippen molar-refractivity contribution in [1.29, 1.82) is 0 Å². The van der Waals surface area contributed by atoms with Crippen LogP contribution in [0.1, 0.15) is 0 Å². The molecular weight excluding hydrogens is 314 g/mol. The van der Waals surface area contributed by atoms with Crippen molar-refractivity contribution in [2.75, 3.05) is 25.7 Å². The Morgan fingerprint density at radius 1 is 1.38 bits per heavy atom. The van der Waals surface area contributed by atoms with E-state index in [9.17, 15) is 14.7 Å². The summed E-state index contributed by atoms with van der Waals surface area (Å²) in [5.41, 5.74) is -0.345. The molecule has 4 atom stereocenters. The molecule has 1 aromatic carbocycles. The Bertz CT molecular complexity index is 759. The van der Waals surface area contributed by atoms with Gasteiger partial charge < -0.3 is 29.0 Å². The molecule has 3 heterocycles. The molecule has 1 spiro atoms. The van der Waals surface area contributed by atoms with Gasteiger partial charge in [0, 0.05) is 18.0 Å². The molecule has 24 heavy (non-hydrogen) atoms. The first kappa shape index (κ1) is 15.0. The zero-order chi connectivity index (χ0) is 17.1. The van der Waals surface area contributed by atoms with Gasteiger partial charge in [0.1, 0.15) is 17.1 Å². The number of carboxylic acids is 1. The molecule has 4 rings (SSSR count). The van der Waals surface area contributed by atoms with Crippen LogP contribution in [0.2, 0.25) is 0 Å². The van der Waals surface area contributed by atoms with Crippen molar-refractivity contribution in [1.82, 2.24) is 0 Å². The normalized spacial score (nSPS) is 33.0. The smallest absolute Gasteiger partial charge is 0.234 e. The summed E-state index contributed by atoms with van der Waals surface area (Å²) in [6.45, 7) is 0.246. The summed E-state index contributed by atoms with van der Waals surface area (Å²) in [7, 11) is 3.05. The van der Waals surface area contributed by atoms with E-state index >= 15 is 0 Å². The summed E-state index contributed by atoms with van der Waals surface area (Å²) in [6.07, 6.45) is 2.91. The number of hydrogen-bond acceptors (Lipinski definition) is 6. The Kier molecular flexibility index (Phi) is 3.11. The maximum atomic E-state index is 12.9. The highest BCUT2D eigenvalue weighted by atomic mass is 16.5. The van der Waals surface area contributed by atoms with Gasteiger partial charge in [-0.1, -0.05) is 12.2 Å². The third-order valence-corrected chi connectivity index (χ3v) is 5.05. The van der Waals surface area contributed by atoms with Gasteiger partial charge in [-0.05, 0) is 12.1 Å². The molecule has 0 aromatic heterocycles. The third-order valence-electron chi connectivity index (χ3n) is 5.05. The maximum absolute atomic E-state index is 12.9. The number of fused-ring (bicyclic) bond motifs is 1. The van der Waals surface area contributed by atoms with Crippen LogP contribution in [0.25, 0.3) is 0 Å². The molecule has 3 aliphatic heterocycles. The average molecular weight is 330 g/mol. The minimum atomic E-state index is -1.26. The number of carboxylic acid groups (broad SMARTS) is 1. The molecule has 0 unspecified atom stereocenters. The summed E-state index contributed by atoms with van der Waals surface area (Å²) >= 11 is 0. The van der Waals surface area contributed by atoms with E-state index in [2.05, 4.69) is 0 Å². The SMILES string of the molecule is COc1ccc(N2C[C@@]34C=C[C@@H](O3)[C@H](C(=O)[O-])[C@@H]4C2=O)c(OC)c1. The Labute approximate surface area is 138 Å². The fourth-order valence-corrected chi connectivity index (χ4v) is 3.98. The fraction of sp³-hybridized carbons (Fsp3) is 0.412. The van der Waals surface area contributed by atoms with Crippen LogP contribution >= 0.6 is 0 Å². The molecular formula is C17H16NO6-. The Morgan fingerprint density at radius 3 is 2.83 bits per heavy atom. The van der Waals surface area contributed by atoms with Gasteiger partial charge in [-0.2, -0.15) is 0 Å². The van der Waals surface area contributed by atoms with Gasteiger partial charge in [0.15, 0.2) is 0 Å². The lowest BCUT2D eigenvalue weighted by molar-refractivity contribution is -0.313. The first-order chi connectivity index (χ1) is 11.5. The van der Waals surface area contributed by atoms with Crippen molar-refractivity contribution in [3.05, 3.63) is 30.4 Å². The van der Waals surface area contributed by atoms with Gasteiger partial charge in [0.05, 0.1) is 38.5 Å². The van der Waals surface area contributed by atoms with Crippen LogP contribution < -0.4 is 19.5 Å². The number of methoxy groups -OCH3 is 2. The first-order valence-corrected chi connectivity index (χ1v) is 7.62. The Hall–Kier alpha value is -2.54. The number of nitrogens with zero attached hydrogens (tertiary/aromatic N) is 1. The summed E-state index contributed by atoms with van der Waals surface area (Å²) in [5.74, 6) is -2.21. The summed E-state index contributed by atoms with van der Waals surface area (Å²) in [5, 5.41) is 11.5. The van der Waals surface area contributed by atoms with E-state index in [4.69, 9.17) is 14.2 Å². The molecule has 7 nitrogen and oxygen atoms in total. The molecule has 3 aliphatic rings. The van der Waals surface area contributed by atoms with E-state index in [-0.39, 0.29) is 12.5 Å². The lowest BCUT2D eigenvalue weighted by Gasteiger charge is -2.24. The van der Waals surface area contributed by atoms with E-state index < -0.39 is 29.5 Å². The zero-order valence-electron chi connectivity index (χ0n) is 13.2. The molecule has 0 saturated carbocycles. The molecule has 1 aromatic rings. The lowest BCUT2D eigenvalue weighted by atomic mass is 9.77. The number of ether oxygens (including phenoxy) is 3.